The summed E-state index contributed by atoms with van der Waals surface area (Å²) >= 11 is 0. The van der Waals surface area contributed by atoms with E-state index in [0.29, 0.717) is 11.8 Å². The van der Waals surface area contributed by atoms with Crippen molar-refractivity contribution in [3.05, 3.63) is 53.9 Å². The zero-order valence-corrected chi connectivity index (χ0v) is 15.0. The van der Waals surface area contributed by atoms with Crippen molar-refractivity contribution in [3.8, 4) is 0 Å². The lowest BCUT2D eigenvalue weighted by Crippen LogP contribution is -2.54. The first-order valence-corrected chi connectivity index (χ1v) is 9.17. The molecule has 132 valence electrons. The van der Waals surface area contributed by atoms with Crippen molar-refractivity contribution in [2.75, 3.05) is 19.6 Å². The van der Waals surface area contributed by atoms with Gasteiger partial charge in [0.1, 0.15) is 0 Å². The molecule has 2 aromatic rings. The third-order valence-electron chi connectivity index (χ3n) is 5.50. The van der Waals surface area contributed by atoms with Crippen LogP contribution in [0, 0.1) is 5.92 Å². The smallest absolute Gasteiger partial charge is 0.226 e. The Labute approximate surface area is 149 Å². The lowest BCUT2D eigenvalue weighted by molar-refractivity contribution is -0.137. The molecule has 1 aliphatic carbocycles. The average Bonchev–Trinajstić information content (AvgIpc) is 3.29. The molecule has 5 heteroatoms. The van der Waals surface area contributed by atoms with Crippen molar-refractivity contribution >= 4 is 5.91 Å². The van der Waals surface area contributed by atoms with E-state index in [0.717, 1.165) is 32.6 Å². The Hall–Kier alpha value is -2.14. The molecule has 0 bridgehead atoms. The Bertz CT molecular complexity index is 741. The second-order valence-electron chi connectivity index (χ2n) is 7.50. The zero-order chi connectivity index (χ0) is 17.4. The van der Waals surface area contributed by atoms with Gasteiger partial charge < -0.3 is 4.90 Å². The van der Waals surface area contributed by atoms with Crippen LogP contribution in [0.2, 0.25) is 0 Å². The molecule has 0 radical (unpaired) electrons. The van der Waals surface area contributed by atoms with Gasteiger partial charge in [-0.05, 0) is 30.4 Å². The van der Waals surface area contributed by atoms with Crippen LogP contribution in [-0.4, -0.2) is 51.2 Å². The molecule has 2 heterocycles. The average molecular weight is 338 g/mol. The van der Waals surface area contributed by atoms with E-state index < -0.39 is 0 Å². The van der Waals surface area contributed by atoms with Gasteiger partial charge in [0.05, 0.1) is 6.20 Å². The van der Waals surface area contributed by atoms with Crippen LogP contribution < -0.4 is 0 Å². The Kier molecular flexibility index (Phi) is 4.34. The van der Waals surface area contributed by atoms with Crippen LogP contribution in [0.3, 0.4) is 0 Å². The van der Waals surface area contributed by atoms with Crippen molar-refractivity contribution in [2.45, 2.75) is 31.8 Å². The van der Waals surface area contributed by atoms with Crippen LogP contribution in [-0.2, 0) is 18.4 Å². The van der Waals surface area contributed by atoms with Crippen molar-refractivity contribution in [1.82, 2.24) is 19.6 Å². The molecule has 0 spiro atoms. The Morgan fingerprint density at radius 2 is 2.04 bits per heavy atom. The first-order chi connectivity index (χ1) is 12.1. The van der Waals surface area contributed by atoms with Gasteiger partial charge in [0.2, 0.25) is 5.91 Å². The Morgan fingerprint density at radius 3 is 2.72 bits per heavy atom. The highest BCUT2D eigenvalue weighted by Crippen LogP contribution is 2.48. The van der Waals surface area contributed by atoms with Gasteiger partial charge in [0, 0.05) is 51.4 Å². The van der Waals surface area contributed by atoms with Gasteiger partial charge in [0.15, 0.2) is 0 Å². The van der Waals surface area contributed by atoms with Gasteiger partial charge in [-0.3, -0.25) is 14.4 Å². The number of hydrogen-bond donors (Lipinski definition) is 0. The van der Waals surface area contributed by atoms with Crippen LogP contribution in [0.1, 0.15) is 30.4 Å². The number of aryl methyl sites for hydroxylation is 1. The van der Waals surface area contributed by atoms with Gasteiger partial charge >= 0.3 is 0 Å². The number of carbonyl (C=O) groups excluding carboxylic acids is 1. The highest BCUT2D eigenvalue weighted by atomic mass is 16.2. The van der Waals surface area contributed by atoms with E-state index in [-0.39, 0.29) is 12.0 Å². The fraction of sp³-hybridized carbons (Fsp3) is 0.500. The number of amides is 1. The van der Waals surface area contributed by atoms with Gasteiger partial charge in [-0.25, -0.2) is 0 Å². The number of aromatic nitrogens is 2. The summed E-state index contributed by atoms with van der Waals surface area (Å²) in [5.74, 6) is 0.865. The quantitative estimate of drug-likeness (QED) is 0.859. The number of rotatable bonds is 4. The molecule has 2 aliphatic rings. The molecule has 1 amide bonds. The minimum atomic E-state index is 0.160. The summed E-state index contributed by atoms with van der Waals surface area (Å²) in [5, 5.41) is 4.23. The number of benzene rings is 1. The maximum atomic E-state index is 12.9. The maximum absolute atomic E-state index is 12.9. The Morgan fingerprint density at radius 1 is 1.24 bits per heavy atom. The first-order valence-electron chi connectivity index (χ1n) is 9.17. The minimum absolute atomic E-state index is 0.160. The van der Waals surface area contributed by atoms with E-state index in [1.807, 2.05) is 24.1 Å². The molecule has 2 unspecified atom stereocenters. The predicted molar refractivity (Wildman–Crippen MR) is 97.0 cm³/mol. The predicted octanol–water partition coefficient (Wildman–Crippen LogP) is 2.26. The SMILES string of the molecule is C[C@@H]1CN(Cc2ccccc2)CCN1C(=O)C1CC1c1cnn(C)c1. The fourth-order valence-corrected chi connectivity index (χ4v) is 4.03. The summed E-state index contributed by atoms with van der Waals surface area (Å²) in [5.41, 5.74) is 2.55. The Balaban J connectivity index is 1.33. The van der Waals surface area contributed by atoms with Crippen LogP contribution >= 0.6 is 0 Å². The zero-order valence-electron chi connectivity index (χ0n) is 15.0. The highest BCUT2D eigenvalue weighted by Gasteiger charge is 2.47. The number of piperazine rings is 1. The molecule has 1 aliphatic heterocycles. The molecular formula is C20H26N4O. The van der Waals surface area contributed by atoms with Crippen molar-refractivity contribution < 1.29 is 4.79 Å². The second-order valence-corrected chi connectivity index (χ2v) is 7.50. The summed E-state index contributed by atoms with van der Waals surface area (Å²) < 4.78 is 1.82. The lowest BCUT2D eigenvalue weighted by Gasteiger charge is -2.40. The number of carbonyl (C=O) groups is 1. The molecular weight excluding hydrogens is 312 g/mol. The van der Waals surface area contributed by atoms with E-state index in [1.54, 1.807) is 0 Å². The largest absolute Gasteiger partial charge is 0.337 e. The maximum Gasteiger partial charge on any atom is 0.226 e. The standard InChI is InChI=1S/C20H26N4O/c1-15-12-23(13-16-6-4-3-5-7-16)8-9-24(15)20(25)19-10-18(19)17-11-21-22(2)14-17/h3-7,11,14-15,18-19H,8-10,12-13H2,1-2H3/t15-,18?,19?/m1/s1. The summed E-state index contributed by atoms with van der Waals surface area (Å²) in [7, 11) is 1.93. The molecule has 1 saturated carbocycles. The van der Waals surface area contributed by atoms with Gasteiger partial charge in [0.25, 0.3) is 0 Å². The third-order valence-corrected chi connectivity index (χ3v) is 5.50. The minimum Gasteiger partial charge on any atom is -0.337 e. The van der Waals surface area contributed by atoms with Gasteiger partial charge in [-0.1, -0.05) is 30.3 Å². The normalized spacial score (nSPS) is 26.6. The van der Waals surface area contributed by atoms with Gasteiger partial charge in [-0.15, -0.1) is 0 Å². The summed E-state index contributed by atoms with van der Waals surface area (Å²) in [4.78, 5) is 17.5. The third kappa shape index (κ3) is 3.47. The summed E-state index contributed by atoms with van der Waals surface area (Å²) in [6, 6.07) is 10.8. The van der Waals surface area contributed by atoms with Crippen LogP contribution in [0.4, 0.5) is 0 Å². The van der Waals surface area contributed by atoms with Crippen molar-refractivity contribution in [2.24, 2.45) is 13.0 Å². The monoisotopic (exact) mass is 338 g/mol. The lowest BCUT2D eigenvalue weighted by atomic mass is 10.1. The van der Waals surface area contributed by atoms with Crippen LogP contribution in [0.5, 0.6) is 0 Å². The molecule has 0 N–H and O–H groups in total. The molecule has 2 fully saturated rings. The first kappa shape index (κ1) is 16.3. The van der Waals surface area contributed by atoms with E-state index >= 15 is 0 Å². The molecule has 1 aromatic carbocycles. The summed E-state index contributed by atoms with van der Waals surface area (Å²) in [6.45, 7) is 5.88. The topological polar surface area (TPSA) is 41.4 Å². The number of nitrogens with zero attached hydrogens (tertiary/aromatic N) is 4. The fourth-order valence-electron chi connectivity index (χ4n) is 4.03. The van der Waals surface area contributed by atoms with Gasteiger partial charge in [-0.2, -0.15) is 5.10 Å². The van der Waals surface area contributed by atoms with E-state index in [4.69, 9.17) is 0 Å². The van der Waals surface area contributed by atoms with E-state index in [1.165, 1.54) is 11.1 Å². The second kappa shape index (κ2) is 6.64. The molecule has 1 aromatic heterocycles. The van der Waals surface area contributed by atoms with Crippen LogP contribution in [0.25, 0.3) is 0 Å². The van der Waals surface area contributed by atoms with E-state index in [9.17, 15) is 4.79 Å². The highest BCUT2D eigenvalue weighted by molar-refractivity contribution is 5.83. The summed E-state index contributed by atoms with van der Waals surface area (Å²) in [6.07, 6.45) is 4.92. The van der Waals surface area contributed by atoms with Crippen LogP contribution in [0.15, 0.2) is 42.7 Å². The van der Waals surface area contributed by atoms with E-state index in [2.05, 4.69) is 52.2 Å². The molecule has 4 rings (SSSR count). The molecule has 1 saturated heterocycles. The molecule has 25 heavy (non-hydrogen) atoms. The molecule has 3 atom stereocenters. The van der Waals surface area contributed by atoms with Crippen molar-refractivity contribution in [1.29, 1.82) is 0 Å². The number of hydrogen-bond acceptors (Lipinski definition) is 3. The van der Waals surface area contributed by atoms with Crippen molar-refractivity contribution in [3.63, 3.8) is 0 Å². The molecule has 5 nitrogen and oxygen atoms in total.